The van der Waals surface area contributed by atoms with E-state index in [0.29, 0.717) is 5.69 Å². The Morgan fingerprint density at radius 2 is 2.12 bits per heavy atom. The van der Waals surface area contributed by atoms with Crippen LogP contribution in [0.25, 0.3) is 5.69 Å². The predicted octanol–water partition coefficient (Wildman–Crippen LogP) is 1.24. The van der Waals surface area contributed by atoms with Gasteiger partial charge in [-0.2, -0.15) is 9.78 Å². The first-order valence-electron chi connectivity index (χ1n) is 4.98. The van der Waals surface area contributed by atoms with Gasteiger partial charge in [0, 0.05) is 6.20 Å². The molecule has 0 spiro atoms. The van der Waals surface area contributed by atoms with Crippen molar-refractivity contribution in [3.63, 3.8) is 0 Å². The quantitative estimate of drug-likeness (QED) is 0.842. The number of hydrogen-bond donors (Lipinski definition) is 1. The minimum atomic E-state index is -1.25. The van der Waals surface area contributed by atoms with Crippen LogP contribution in [0.1, 0.15) is 15.9 Å². The van der Waals surface area contributed by atoms with Gasteiger partial charge in [-0.05, 0) is 30.7 Å². The second-order valence-corrected chi connectivity index (χ2v) is 3.61. The van der Waals surface area contributed by atoms with Crippen molar-refractivity contribution in [1.82, 2.24) is 9.78 Å². The van der Waals surface area contributed by atoms with E-state index in [-0.39, 0.29) is 5.56 Å². The number of benzene rings is 1. The lowest BCUT2D eigenvalue weighted by Crippen LogP contribution is -2.26. The zero-order chi connectivity index (χ0) is 12.4. The lowest BCUT2D eigenvalue weighted by Gasteiger charge is -2.05. The summed E-state index contributed by atoms with van der Waals surface area (Å²) in [5.74, 6) is -1.25. The monoisotopic (exact) mass is 230 g/mol. The number of rotatable bonds is 2. The molecule has 1 N–H and O–H groups in total. The largest absolute Gasteiger partial charge is 0.477 e. The molecule has 1 heterocycles. The average Bonchev–Trinajstić information content (AvgIpc) is 2.29. The smallest absolute Gasteiger partial charge is 0.341 e. The molecule has 2 aromatic rings. The van der Waals surface area contributed by atoms with Crippen molar-refractivity contribution in [3.05, 3.63) is 58.0 Å². The fourth-order valence-corrected chi connectivity index (χ4v) is 1.52. The van der Waals surface area contributed by atoms with Crippen LogP contribution >= 0.6 is 0 Å². The Kier molecular flexibility index (Phi) is 2.74. The van der Waals surface area contributed by atoms with Crippen LogP contribution < -0.4 is 5.56 Å². The van der Waals surface area contributed by atoms with Crippen molar-refractivity contribution >= 4 is 5.97 Å². The molecular formula is C12H10N2O3. The van der Waals surface area contributed by atoms with Crippen molar-refractivity contribution in [3.8, 4) is 5.69 Å². The number of hydrogen-bond acceptors (Lipinski definition) is 3. The molecule has 1 aromatic heterocycles. The normalized spacial score (nSPS) is 10.2. The van der Waals surface area contributed by atoms with Gasteiger partial charge in [-0.3, -0.25) is 4.79 Å². The highest BCUT2D eigenvalue weighted by molar-refractivity contribution is 5.86. The number of aromatic carboxylic acids is 1. The molecule has 5 nitrogen and oxygen atoms in total. The SMILES string of the molecule is Cc1cccc(-n2nccc(C(=O)O)c2=O)c1. The lowest BCUT2D eigenvalue weighted by molar-refractivity contribution is 0.0694. The summed E-state index contributed by atoms with van der Waals surface area (Å²) in [4.78, 5) is 22.7. The maximum atomic E-state index is 11.8. The molecule has 0 radical (unpaired) electrons. The van der Waals surface area contributed by atoms with E-state index in [2.05, 4.69) is 5.10 Å². The molecule has 0 aliphatic carbocycles. The molecular weight excluding hydrogens is 220 g/mol. The molecule has 86 valence electrons. The molecule has 0 amide bonds. The summed E-state index contributed by atoms with van der Waals surface area (Å²) in [6, 6.07) is 8.33. The van der Waals surface area contributed by atoms with Crippen LogP contribution in [-0.2, 0) is 0 Å². The molecule has 1 aromatic carbocycles. The molecule has 0 saturated heterocycles. The van der Waals surface area contributed by atoms with Crippen molar-refractivity contribution < 1.29 is 9.90 Å². The molecule has 0 atom stereocenters. The first-order valence-corrected chi connectivity index (χ1v) is 4.98. The summed E-state index contributed by atoms with van der Waals surface area (Å²) < 4.78 is 1.08. The van der Waals surface area contributed by atoms with Crippen LogP contribution in [0, 0.1) is 6.92 Å². The summed E-state index contributed by atoms with van der Waals surface area (Å²) >= 11 is 0. The van der Waals surface area contributed by atoms with Crippen LogP contribution in [0.4, 0.5) is 0 Å². The van der Waals surface area contributed by atoms with E-state index >= 15 is 0 Å². The van der Waals surface area contributed by atoms with Gasteiger partial charge < -0.3 is 5.11 Å². The highest BCUT2D eigenvalue weighted by Gasteiger charge is 2.11. The van der Waals surface area contributed by atoms with Crippen LogP contribution in [0.3, 0.4) is 0 Å². The van der Waals surface area contributed by atoms with Gasteiger partial charge in [0.05, 0.1) is 5.69 Å². The van der Waals surface area contributed by atoms with E-state index in [0.717, 1.165) is 10.2 Å². The number of nitrogens with zero attached hydrogens (tertiary/aromatic N) is 2. The third-order valence-electron chi connectivity index (χ3n) is 2.32. The summed E-state index contributed by atoms with van der Waals surface area (Å²) in [6.07, 6.45) is 1.30. The first-order chi connectivity index (χ1) is 8.09. The van der Waals surface area contributed by atoms with Crippen LogP contribution in [0.2, 0.25) is 0 Å². The minimum absolute atomic E-state index is 0.290. The van der Waals surface area contributed by atoms with E-state index in [1.165, 1.54) is 12.3 Å². The molecule has 0 aliphatic heterocycles. The average molecular weight is 230 g/mol. The molecule has 0 fully saturated rings. The van der Waals surface area contributed by atoms with Gasteiger partial charge in [0.2, 0.25) is 0 Å². The molecule has 2 rings (SSSR count). The third kappa shape index (κ3) is 2.08. The van der Waals surface area contributed by atoms with Crippen LogP contribution in [0.5, 0.6) is 0 Å². The molecule has 0 aliphatic rings. The maximum Gasteiger partial charge on any atom is 0.341 e. The van der Waals surface area contributed by atoms with Gasteiger partial charge in [0.15, 0.2) is 0 Å². The van der Waals surface area contributed by atoms with Crippen molar-refractivity contribution in [2.24, 2.45) is 0 Å². The minimum Gasteiger partial charge on any atom is -0.477 e. The van der Waals surface area contributed by atoms with E-state index in [1.807, 2.05) is 13.0 Å². The van der Waals surface area contributed by atoms with Crippen LogP contribution in [-0.4, -0.2) is 20.9 Å². The number of aromatic nitrogens is 2. The Labute approximate surface area is 97.0 Å². The summed E-state index contributed by atoms with van der Waals surface area (Å²) in [6.45, 7) is 1.88. The van der Waals surface area contributed by atoms with Crippen molar-refractivity contribution in [2.75, 3.05) is 0 Å². The van der Waals surface area contributed by atoms with Gasteiger partial charge in [-0.25, -0.2) is 4.79 Å². The predicted molar refractivity (Wildman–Crippen MR) is 61.5 cm³/mol. The van der Waals surface area contributed by atoms with E-state index in [1.54, 1.807) is 18.2 Å². The standard InChI is InChI=1S/C12H10N2O3/c1-8-3-2-4-9(7-8)14-11(15)10(12(16)17)5-6-13-14/h2-7H,1H3,(H,16,17). The first kappa shape index (κ1) is 11.1. The number of carboxylic acids is 1. The van der Waals surface area contributed by atoms with Crippen molar-refractivity contribution in [1.29, 1.82) is 0 Å². The Balaban J connectivity index is 2.65. The Hall–Kier alpha value is -2.43. The number of carbonyl (C=O) groups is 1. The second-order valence-electron chi connectivity index (χ2n) is 3.61. The zero-order valence-corrected chi connectivity index (χ0v) is 9.12. The zero-order valence-electron chi connectivity index (χ0n) is 9.12. The van der Waals surface area contributed by atoms with Crippen molar-refractivity contribution in [2.45, 2.75) is 6.92 Å². The Morgan fingerprint density at radius 3 is 2.76 bits per heavy atom. The molecule has 0 unspecified atom stereocenters. The molecule has 5 heteroatoms. The fourth-order valence-electron chi connectivity index (χ4n) is 1.52. The van der Waals surface area contributed by atoms with Gasteiger partial charge in [0.25, 0.3) is 5.56 Å². The Morgan fingerprint density at radius 1 is 1.35 bits per heavy atom. The van der Waals surface area contributed by atoms with Gasteiger partial charge in [-0.1, -0.05) is 12.1 Å². The Bertz CT molecular complexity index is 632. The molecule has 0 saturated carbocycles. The van der Waals surface area contributed by atoms with Crippen LogP contribution in [0.15, 0.2) is 41.3 Å². The number of carboxylic acid groups (broad SMARTS) is 1. The highest BCUT2D eigenvalue weighted by Crippen LogP contribution is 2.06. The third-order valence-corrected chi connectivity index (χ3v) is 2.32. The maximum absolute atomic E-state index is 11.8. The fraction of sp³-hybridized carbons (Fsp3) is 0.0833. The second kappa shape index (κ2) is 4.21. The van der Waals surface area contributed by atoms with Gasteiger partial charge in [-0.15, -0.1) is 0 Å². The molecule has 0 bridgehead atoms. The topological polar surface area (TPSA) is 72.2 Å². The summed E-state index contributed by atoms with van der Waals surface area (Å²) in [5, 5.41) is 12.7. The molecule has 17 heavy (non-hydrogen) atoms. The van der Waals surface area contributed by atoms with Gasteiger partial charge >= 0.3 is 5.97 Å². The number of aryl methyl sites for hydroxylation is 1. The van der Waals surface area contributed by atoms with E-state index < -0.39 is 11.5 Å². The van der Waals surface area contributed by atoms with Gasteiger partial charge in [0.1, 0.15) is 5.56 Å². The van der Waals surface area contributed by atoms with E-state index in [4.69, 9.17) is 5.11 Å². The summed E-state index contributed by atoms with van der Waals surface area (Å²) in [7, 11) is 0. The van der Waals surface area contributed by atoms with E-state index in [9.17, 15) is 9.59 Å². The highest BCUT2D eigenvalue weighted by atomic mass is 16.4. The lowest BCUT2D eigenvalue weighted by atomic mass is 10.2. The summed E-state index contributed by atoms with van der Waals surface area (Å²) in [5.41, 5.74) is 0.599.